The van der Waals surface area contributed by atoms with Gasteiger partial charge in [0.05, 0.1) is 6.61 Å². The van der Waals surface area contributed by atoms with Crippen LogP contribution in [0.1, 0.15) is 11.1 Å². The molecule has 3 rings (SSSR count). The maximum absolute atomic E-state index is 12.2. The van der Waals surface area contributed by atoms with Gasteiger partial charge >= 0.3 is 12.1 Å². The predicted molar refractivity (Wildman–Crippen MR) is 103 cm³/mol. The van der Waals surface area contributed by atoms with E-state index in [0.29, 0.717) is 0 Å². The number of carbonyl (C=O) groups is 2. The molecule has 0 aromatic heterocycles. The Bertz CT molecular complexity index is 831. The van der Waals surface area contributed by atoms with E-state index in [1.165, 1.54) is 0 Å². The molecule has 0 unspecified atom stereocenters. The normalized spacial score (nSPS) is 26.0. The number of hydrogen-bond acceptors (Lipinski definition) is 7. The zero-order chi connectivity index (χ0) is 21.5. The number of carbonyl (C=O) groups excluding carboxylic acids is 1. The number of carboxylic acids is 1. The molecule has 1 amide bonds. The first-order chi connectivity index (χ1) is 14.5. The number of nitrogens with one attached hydrogen (secondary N) is 1. The van der Waals surface area contributed by atoms with Crippen molar-refractivity contribution in [1.29, 1.82) is 0 Å². The molecule has 0 radical (unpaired) electrons. The minimum absolute atomic E-state index is 0.00775. The Morgan fingerprint density at radius 3 is 2.03 bits per heavy atom. The average molecular weight is 417 g/mol. The molecule has 2 aromatic carbocycles. The Morgan fingerprint density at radius 1 is 0.900 bits per heavy atom. The second kappa shape index (κ2) is 10.2. The van der Waals surface area contributed by atoms with Crippen LogP contribution in [0.3, 0.4) is 0 Å². The number of aliphatic hydroxyl groups is 2. The lowest BCUT2D eigenvalue weighted by Crippen LogP contribution is -2.65. The highest BCUT2D eigenvalue weighted by Crippen LogP contribution is 2.23. The van der Waals surface area contributed by atoms with Crippen LogP contribution in [0.15, 0.2) is 60.7 Å². The number of carboxylic acid groups (broad SMARTS) is 1. The Labute approximate surface area is 172 Å². The summed E-state index contributed by atoms with van der Waals surface area (Å²) in [6.45, 7) is 0.0318. The molecule has 1 aliphatic heterocycles. The van der Waals surface area contributed by atoms with E-state index < -0.39 is 42.7 Å². The van der Waals surface area contributed by atoms with Crippen LogP contribution >= 0.6 is 0 Å². The van der Waals surface area contributed by atoms with Crippen LogP contribution in [0, 0.1) is 0 Å². The number of rotatable bonds is 7. The van der Waals surface area contributed by atoms with Crippen molar-refractivity contribution in [2.24, 2.45) is 0 Å². The van der Waals surface area contributed by atoms with Gasteiger partial charge in [-0.2, -0.15) is 0 Å². The Morgan fingerprint density at radius 2 is 1.47 bits per heavy atom. The summed E-state index contributed by atoms with van der Waals surface area (Å²) in [4.78, 5) is 23.6. The Balaban J connectivity index is 1.67. The molecular formula is C21H23NO8. The minimum atomic E-state index is -1.77. The first kappa shape index (κ1) is 21.7. The van der Waals surface area contributed by atoms with Gasteiger partial charge in [0, 0.05) is 0 Å². The number of aliphatic hydroxyl groups excluding tert-OH is 2. The fourth-order valence-electron chi connectivity index (χ4n) is 3.02. The molecule has 0 spiro atoms. The van der Waals surface area contributed by atoms with E-state index in [1.807, 2.05) is 12.1 Å². The number of ether oxygens (including phenoxy) is 3. The van der Waals surface area contributed by atoms with Crippen molar-refractivity contribution in [3.05, 3.63) is 71.8 Å². The molecule has 30 heavy (non-hydrogen) atoms. The third-order valence-electron chi connectivity index (χ3n) is 4.60. The molecule has 1 fully saturated rings. The van der Waals surface area contributed by atoms with Crippen LogP contribution in [0.25, 0.3) is 0 Å². The van der Waals surface area contributed by atoms with Gasteiger partial charge in [-0.15, -0.1) is 0 Å². The SMILES string of the molecule is O=C(N[C@H]1[C@H](OCc2ccccc2)O[C@@H](C(=O)O)[C@@H](O)[C@H]1O)OCc1ccccc1. The van der Waals surface area contributed by atoms with Crippen LogP contribution in [0.4, 0.5) is 4.79 Å². The van der Waals surface area contributed by atoms with Gasteiger partial charge in [0.2, 0.25) is 0 Å². The van der Waals surface area contributed by atoms with E-state index in [2.05, 4.69) is 5.32 Å². The lowest BCUT2D eigenvalue weighted by molar-refractivity contribution is -0.266. The molecule has 2 aromatic rings. The third-order valence-corrected chi connectivity index (χ3v) is 4.60. The van der Waals surface area contributed by atoms with E-state index >= 15 is 0 Å². The van der Waals surface area contributed by atoms with Crippen LogP contribution < -0.4 is 5.32 Å². The first-order valence-corrected chi connectivity index (χ1v) is 9.33. The predicted octanol–water partition coefficient (Wildman–Crippen LogP) is 1.03. The molecular weight excluding hydrogens is 394 g/mol. The van der Waals surface area contributed by atoms with Crippen LogP contribution in [0.2, 0.25) is 0 Å². The molecule has 5 atom stereocenters. The van der Waals surface area contributed by atoms with Crippen molar-refractivity contribution >= 4 is 12.1 Å². The molecule has 0 saturated carbocycles. The highest BCUT2D eigenvalue weighted by molar-refractivity contribution is 5.73. The van der Waals surface area contributed by atoms with E-state index in [9.17, 15) is 24.9 Å². The number of benzene rings is 2. The van der Waals surface area contributed by atoms with Crippen molar-refractivity contribution in [2.45, 2.75) is 43.9 Å². The Kier molecular flexibility index (Phi) is 7.36. The van der Waals surface area contributed by atoms with Gasteiger partial charge in [0.15, 0.2) is 12.4 Å². The average Bonchev–Trinajstić information content (AvgIpc) is 2.76. The zero-order valence-corrected chi connectivity index (χ0v) is 16.0. The van der Waals surface area contributed by atoms with Gasteiger partial charge < -0.3 is 34.8 Å². The van der Waals surface area contributed by atoms with E-state index in [1.54, 1.807) is 48.5 Å². The maximum atomic E-state index is 12.2. The van der Waals surface area contributed by atoms with Crippen LogP contribution in [0.5, 0.6) is 0 Å². The molecule has 0 bridgehead atoms. The second-order valence-electron chi connectivity index (χ2n) is 6.77. The lowest BCUT2D eigenvalue weighted by Gasteiger charge is -2.41. The monoisotopic (exact) mass is 417 g/mol. The van der Waals surface area contributed by atoms with Crippen LogP contribution in [-0.2, 0) is 32.2 Å². The molecule has 4 N–H and O–H groups in total. The fraction of sp³-hybridized carbons (Fsp3) is 0.333. The topological polar surface area (TPSA) is 135 Å². The van der Waals surface area contributed by atoms with Crippen LogP contribution in [-0.4, -0.2) is 58.0 Å². The summed E-state index contributed by atoms with van der Waals surface area (Å²) in [6, 6.07) is 16.7. The number of hydrogen-bond donors (Lipinski definition) is 4. The van der Waals surface area contributed by atoms with Gasteiger partial charge in [-0.1, -0.05) is 60.7 Å². The molecule has 0 aliphatic carbocycles. The Hall–Kier alpha value is -2.98. The molecule has 9 nitrogen and oxygen atoms in total. The standard InChI is InChI=1S/C21H23NO8/c23-16-15(22-21(27)29-12-14-9-5-2-6-10-14)20(30-18(17(16)24)19(25)26)28-11-13-7-3-1-4-8-13/h1-10,15-18,20,23-24H,11-12H2,(H,22,27)(H,25,26)/t15-,16+,17+,18-,20-/m1/s1. The van der Waals surface area contributed by atoms with Gasteiger partial charge in [-0.25, -0.2) is 9.59 Å². The lowest BCUT2D eigenvalue weighted by atomic mass is 9.97. The quantitative estimate of drug-likeness (QED) is 0.525. The smallest absolute Gasteiger partial charge is 0.407 e. The van der Waals surface area contributed by atoms with Crippen molar-refractivity contribution in [1.82, 2.24) is 5.32 Å². The van der Waals surface area contributed by atoms with E-state index in [-0.39, 0.29) is 13.2 Å². The van der Waals surface area contributed by atoms with Gasteiger partial charge in [-0.05, 0) is 11.1 Å². The minimum Gasteiger partial charge on any atom is -0.479 e. The van der Waals surface area contributed by atoms with Crippen molar-refractivity contribution < 1.29 is 39.1 Å². The molecule has 9 heteroatoms. The van der Waals surface area contributed by atoms with E-state index in [0.717, 1.165) is 11.1 Å². The first-order valence-electron chi connectivity index (χ1n) is 9.33. The summed E-state index contributed by atoms with van der Waals surface area (Å²) in [5, 5.41) is 32.2. The van der Waals surface area contributed by atoms with Crippen molar-refractivity contribution in [3.63, 3.8) is 0 Å². The second-order valence-corrected chi connectivity index (χ2v) is 6.77. The molecule has 160 valence electrons. The highest BCUT2D eigenvalue weighted by Gasteiger charge is 2.49. The van der Waals surface area contributed by atoms with Crippen molar-refractivity contribution in [2.75, 3.05) is 0 Å². The number of amides is 1. The zero-order valence-electron chi connectivity index (χ0n) is 16.0. The number of aliphatic carboxylic acids is 1. The van der Waals surface area contributed by atoms with Gasteiger partial charge in [0.1, 0.15) is 24.9 Å². The number of alkyl carbamates (subject to hydrolysis) is 1. The fourth-order valence-corrected chi connectivity index (χ4v) is 3.02. The molecule has 1 heterocycles. The summed E-state index contributed by atoms with van der Waals surface area (Å²) in [6.07, 6.45) is -7.32. The summed E-state index contributed by atoms with van der Waals surface area (Å²) in [7, 11) is 0. The van der Waals surface area contributed by atoms with Crippen molar-refractivity contribution in [3.8, 4) is 0 Å². The summed E-state index contributed by atoms with van der Waals surface area (Å²) in [5.74, 6) is -1.46. The molecule has 1 saturated heterocycles. The van der Waals surface area contributed by atoms with E-state index in [4.69, 9.17) is 14.2 Å². The summed E-state index contributed by atoms with van der Waals surface area (Å²) in [5.41, 5.74) is 1.54. The maximum Gasteiger partial charge on any atom is 0.407 e. The summed E-state index contributed by atoms with van der Waals surface area (Å²) >= 11 is 0. The third kappa shape index (κ3) is 5.55. The molecule has 1 aliphatic rings. The highest BCUT2D eigenvalue weighted by atomic mass is 16.7. The summed E-state index contributed by atoms with van der Waals surface area (Å²) < 4.78 is 16.1. The largest absolute Gasteiger partial charge is 0.479 e. The van der Waals surface area contributed by atoms with Gasteiger partial charge in [0.25, 0.3) is 0 Å². The van der Waals surface area contributed by atoms with Gasteiger partial charge in [-0.3, -0.25) is 0 Å².